The molecule has 6 nitrogen and oxygen atoms in total. The molecule has 0 amide bonds. The fraction of sp³-hybridized carbons (Fsp3) is 0.542. The summed E-state index contributed by atoms with van der Waals surface area (Å²) in [5.41, 5.74) is 2.39. The highest BCUT2D eigenvalue weighted by atomic mass is 16.3. The van der Waals surface area contributed by atoms with Crippen LogP contribution in [0.15, 0.2) is 26.7 Å². The number of aromatic nitrogens is 2. The summed E-state index contributed by atoms with van der Waals surface area (Å²) in [7, 11) is 0. The van der Waals surface area contributed by atoms with Crippen LogP contribution in [-0.4, -0.2) is 26.9 Å². The predicted octanol–water partition coefficient (Wildman–Crippen LogP) is 3.79. The third-order valence-electron chi connectivity index (χ3n) is 8.11. The zero-order valence-corrected chi connectivity index (χ0v) is 18.7. The fourth-order valence-electron chi connectivity index (χ4n) is 5.94. The van der Waals surface area contributed by atoms with Crippen molar-refractivity contribution >= 4 is 6.21 Å². The Morgan fingerprint density at radius 2 is 1.80 bits per heavy atom. The summed E-state index contributed by atoms with van der Waals surface area (Å²) < 4.78 is 1.18. The van der Waals surface area contributed by atoms with Gasteiger partial charge in [0.25, 0.3) is 5.56 Å². The molecular formula is C24H31N3O3. The van der Waals surface area contributed by atoms with Crippen molar-refractivity contribution in [2.45, 2.75) is 66.8 Å². The molecule has 6 heteroatoms. The lowest BCUT2D eigenvalue weighted by Crippen LogP contribution is -2.35. The van der Waals surface area contributed by atoms with E-state index in [1.54, 1.807) is 0 Å². The Kier molecular flexibility index (Phi) is 4.60. The molecule has 160 valence electrons. The number of aromatic hydroxyl groups is 1. The standard InChI is InChI=1S/C24H31N3O3/c1-13-9-14(2)19(15(3)10-13)27-21(29)17(20(28)26-22(27)30)12-25-18-11-16-7-8-24(18,6)23(16,4)5/h9-10,12,16,18,29H,7-8,11H2,1-6H3,(H,26,28,30)/t16-,18+,24-/m1/s1. The lowest BCUT2D eigenvalue weighted by Gasteiger charge is -2.37. The van der Waals surface area contributed by atoms with E-state index in [0.717, 1.165) is 29.5 Å². The summed E-state index contributed by atoms with van der Waals surface area (Å²) in [6.07, 6.45) is 4.80. The Balaban J connectivity index is 1.80. The van der Waals surface area contributed by atoms with Crippen molar-refractivity contribution in [2.24, 2.45) is 21.7 Å². The summed E-state index contributed by atoms with van der Waals surface area (Å²) in [5, 5.41) is 10.9. The van der Waals surface area contributed by atoms with Gasteiger partial charge < -0.3 is 5.11 Å². The van der Waals surface area contributed by atoms with Crippen LogP contribution in [0.1, 0.15) is 62.3 Å². The van der Waals surface area contributed by atoms with Crippen LogP contribution in [0, 0.1) is 37.5 Å². The largest absolute Gasteiger partial charge is 0.493 e. The van der Waals surface area contributed by atoms with Gasteiger partial charge in [0.15, 0.2) is 0 Å². The van der Waals surface area contributed by atoms with Crippen LogP contribution >= 0.6 is 0 Å². The molecule has 0 spiro atoms. The number of aromatic amines is 1. The van der Waals surface area contributed by atoms with E-state index in [9.17, 15) is 14.7 Å². The minimum atomic E-state index is -0.655. The van der Waals surface area contributed by atoms with Gasteiger partial charge in [0.2, 0.25) is 5.88 Å². The van der Waals surface area contributed by atoms with Crippen LogP contribution in [0.25, 0.3) is 5.69 Å². The molecule has 2 aromatic rings. The summed E-state index contributed by atoms with van der Waals surface area (Å²) in [4.78, 5) is 32.2. The number of nitrogens with zero attached hydrogens (tertiary/aromatic N) is 2. The van der Waals surface area contributed by atoms with E-state index in [1.807, 2.05) is 32.9 Å². The molecule has 2 fully saturated rings. The zero-order chi connectivity index (χ0) is 22.0. The van der Waals surface area contributed by atoms with E-state index in [2.05, 4.69) is 25.8 Å². The molecule has 0 aliphatic heterocycles. The molecule has 2 N–H and O–H groups in total. The van der Waals surface area contributed by atoms with Crippen LogP contribution in [-0.2, 0) is 0 Å². The van der Waals surface area contributed by atoms with Crippen LogP contribution in [0.5, 0.6) is 5.88 Å². The quantitative estimate of drug-likeness (QED) is 0.756. The Morgan fingerprint density at radius 1 is 1.17 bits per heavy atom. The Bertz CT molecular complexity index is 1150. The van der Waals surface area contributed by atoms with E-state index >= 15 is 0 Å². The molecule has 0 radical (unpaired) electrons. The average molecular weight is 410 g/mol. The topological polar surface area (TPSA) is 87.4 Å². The van der Waals surface area contributed by atoms with Gasteiger partial charge in [-0.2, -0.15) is 0 Å². The van der Waals surface area contributed by atoms with Crippen LogP contribution in [0.3, 0.4) is 0 Å². The lowest BCUT2D eigenvalue weighted by atomic mass is 9.69. The molecule has 2 aliphatic carbocycles. The van der Waals surface area contributed by atoms with Gasteiger partial charge in [-0.3, -0.25) is 14.8 Å². The monoisotopic (exact) mass is 409 g/mol. The van der Waals surface area contributed by atoms with Gasteiger partial charge in [-0.25, -0.2) is 9.36 Å². The molecule has 2 bridgehead atoms. The van der Waals surface area contributed by atoms with Gasteiger partial charge in [0.05, 0.1) is 11.7 Å². The molecule has 1 aromatic carbocycles. The third-order valence-corrected chi connectivity index (χ3v) is 8.11. The summed E-state index contributed by atoms with van der Waals surface area (Å²) in [6, 6.07) is 4.00. The number of nitrogens with one attached hydrogen (secondary N) is 1. The Morgan fingerprint density at radius 3 is 2.33 bits per heavy atom. The maximum atomic E-state index is 12.6. The van der Waals surface area contributed by atoms with Crippen molar-refractivity contribution in [3.8, 4) is 11.6 Å². The van der Waals surface area contributed by atoms with Gasteiger partial charge in [0, 0.05) is 6.21 Å². The Hall–Kier alpha value is -2.63. The average Bonchev–Trinajstić information content (AvgIpc) is 2.96. The number of fused-ring (bicyclic) bond motifs is 2. The van der Waals surface area contributed by atoms with Crippen molar-refractivity contribution in [1.82, 2.24) is 9.55 Å². The second-order valence-corrected chi connectivity index (χ2v) is 9.98. The molecule has 1 heterocycles. The van der Waals surface area contributed by atoms with Crippen LogP contribution in [0.4, 0.5) is 0 Å². The van der Waals surface area contributed by atoms with Gasteiger partial charge in [-0.05, 0) is 67.9 Å². The van der Waals surface area contributed by atoms with Crippen molar-refractivity contribution < 1.29 is 5.11 Å². The summed E-state index contributed by atoms with van der Waals surface area (Å²) >= 11 is 0. The molecule has 0 unspecified atom stereocenters. The summed E-state index contributed by atoms with van der Waals surface area (Å²) in [6.45, 7) is 12.7. The number of benzene rings is 1. The highest BCUT2D eigenvalue weighted by Gasteiger charge is 2.61. The van der Waals surface area contributed by atoms with E-state index in [-0.39, 0.29) is 28.3 Å². The van der Waals surface area contributed by atoms with E-state index in [1.165, 1.54) is 17.2 Å². The van der Waals surface area contributed by atoms with Crippen molar-refractivity contribution in [2.75, 3.05) is 0 Å². The number of rotatable bonds is 3. The summed E-state index contributed by atoms with van der Waals surface area (Å²) in [5.74, 6) is 0.262. The number of hydrogen-bond donors (Lipinski definition) is 2. The molecular weight excluding hydrogens is 378 g/mol. The van der Waals surface area contributed by atoms with Crippen molar-refractivity contribution in [1.29, 1.82) is 0 Å². The fourth-order valence-corrected chi connectivity index (χ4v) is 5.94. The molecule has 30 heavy (non-hydrogen) atoms. The molecule has 1 aromatic heterocycles. The number of H-pyrrole nitrogens is 1. The molecule has 2 saturated carbocycles. The van der Waals surface area contributed by atoms with Crippen molar-refractivity contribution in [3.63, 3.8) is 0 Å². The number of hydrogen-bond acceptors (Lipinski definition) is 4. The normalized spacial score (nSPS) is 27.3. The van der Waals surface area contributed by atoms with E-state index in [4.69, 9.17) is 4.99 Å². The van der Waals surface area contributed by atoms with E-state index in [0.29, 0.717) is 11.6 Å². The van der Waals surface area contributed by atoms with E-state index < -0.39 is 11.2 Å². The first-order chi connectivity index (χ1) is 14.0. The minimum Gasteiger partial charge on any atom is -0.493 e. The SMILES string of the molecule is Cc1cc(C)c(-n2c(O)c(C=N[C@H]3C[C@H]4CC[C@@]3(C)C4(C)C)c(=O)[nH]c2=O)c(C)c1. The van der Waals surface area contributed by atoms with Crippen LogP contribution in [0.2, 0.25) is 0 Å². The first kappa shape index (κ1) is 20.6. The third kappa shape index (κ3) is 2.80. The van der Waals surface area contributed by atoms with Gasteiger partial charge >= 0.3 is 5.69 Å². The smallest absolute Gasteiger partial charge is 0.335 e. The second kappa shape index (κ2) is 6.69. The first-order valence-corrected chi connectivity index (χ1v) is 10.7. The minimum absolute atomic E-state index is 0.0261. The molecule has 3 atom stereocenters. The zero-order valence-electron chi connectivity index (χ0n) is 18.7. The van der Waals surface area contributed by atoms with Crippen molar-refractivity contribution in [3.05, 3.63) is 55.2 Å². The second-order valence-electron chi connectivity index (χ2n) is 9.98. The number of aryl methyl sites for hydroxylation is 3. The van der Waals surface area contributed by atoms with Gasteiger partial charge in [-0.1, -0.05) is 38.5 Å². The lowest BCUT2D eigenvalue weighted by molar-refractivity contribution is 0.137. The van der Waals surface area contributed by atoms with Gasteiger partial charge in [-0.15, -0.1) is 0 Å². The molecule has 4 rings (SSSR count). The van der Waals surface area contributed by atoms with Gasteiger partial charge in [0.1, 0.15) is 5.56 Å². The highest BCUT2D eigenvalue weighted by Crippen LogP contribution is 2.66. The first-order valence-electron chi connectivity index (χ1n) is 10.7. The number of aliphatic imine (C=N–C) groups is 1. The predicted molar refractivity (Wildman–Crippen MR) is 119 cm³/mol. The Labute approximate surface area is 176 Å². The van der Waals surface area contributed by atoms with Crippen LogP contribution < -0.4 is 11.2 Å². The molecule has 2 aliphatic rings. The maximum Gasteiger partial charge on any atom is 0.335 e. The molecule has 0 saturated heterocycles. The highest BCUT2D eigenvalue weighted by molar-refractivity contribution is 5.82. The maximum absolute atomic E-state index is 12.6.